The minimum absolute atomic E-state index is 0.159. The SMILES string of the molecule is O=C1CCCC12CCC(CO)N2. The molecule has 3 nitrogen and oxygen atoms in total. The van der Waals surface area contributed by atoms with E-state index in [9.17, 15) is 4.79 Å². The second kappa shape index (κ2) is 2.82. The predicted molar refractivity (Wildman–Crippen MR) is 44.8 cm³/mol. The quantitative estimate of drug-likeness (QED) is 0.590. The number of Topliss-reactive ketones (excluding diaryl/α,β-unsaturated/α-hetero) is 1. The van der Waals surface area contributed by atoms with Gasteiger partial charge in [0.1, 0.15) is 0 Å². The van der Waals surface area contributed by atoms with E-state index < -0.39 is 0 Å². The summed E-state index contributed by atoms with van der Waals surface area (Å²) in [5, 5.41) is 12.2. The van der Waals surface area contributed by atoms with E-state index in [-0.39, 0.29) is 18.2 Å². The molecule has 1 saturated carbocycles. The maximum absolute atomic E-state index is 11.5. The van der Waals surface area contributed by atoms with Gasteiger partial charge < -0.3 is 5.11 Å². The Morgan fingerprint density at radius 1 is 1.58 bits per heavy atom. The highest BCUT2D eigenvalue weighted by molar-refractivity contribution is 5.90. The first-order valence-electron chi connectivity index (χ1n) is 4.69. The molecule has 1 aliphatic carbocycles. The van der Waals surface area contributed by atoms with Gasteiger partial charge in [0.15, 0.2) is 5.78 Å². The fourth-order valence-corrected chi connectivity index (χ4v) is 2.44. The second-order valence-electron chi connectivity index (χ2n) is 3.92. The molecule has 1 saturated heterocycles. The molecule has 0 amide bonds. The normalized spacial score (nSPS) is 41.4. The molecule has 2 aliphatic rings. The Kier molecular flexibility index (Phi) is 1.93. The molecule has 1 spiro atoms. The highest BCUT2D eigenvalue weighted by Crippen LogP contribution is 2.35. The Bertz CT molecular complexity index is 205. The van der Waals surface area contributed by atoms with Crippen LogP contribution in [0.15, 0.2) is 0 Å². The number of ketones is 1. The van der Waals surface area contributed by atoms with Crippen molar-refractivity contribution in [3.8, 4) is 0 Å². The van der Waals surface area contributed by atoms with Gasteiger partial charge in [-0.1, -0.05) is 0 Å². The van der Waals surface area contributed by atoms with Gasteiger partial charge in [-0.15, -0.1) is 0 Å². The first-order valence-corrected chi connectivity index (χ1v) is 4.69. The summed E-state index contributed by atoms with van der Waals surface area (Å²) in [6.07, 6.45) is 4.59. The molecule has 2 N–H and O–H groups in total. The summed E-state index contributed by atoms with van der Waals surface area (Å²) in [7, 11) is 0. The Balaban J connectivity index is 2.08. The molecule has 0 aromatic heterocycles. The zero-order chi connectivity index (χ0) is 8.60. The van der Waals surface area contributed by atoms with Gasteiger partial charge in [-0.25, -0.2) is 0 Å². The minimum atomic E-state index is -0.229. The van der Waals surface area contributed by atoms with E-state index in [1.807, 2.05) is 0 Å². The summed E-state index contributed by atoms with van der Waals surface area (Å²) in [5.41, 5.74) is -0.229. The molecule has 1 heterocycles. The molecule has 1 aliphatic heterocycles. The minimum Gasteiger partial charge on any atom is -0.395 e. The van der Waals surface area contributed by atoms with Crippen LogP contribution in [0.4, 0.5) is 0 Å². The summed E-state index contributed by atoms with van der Waals surface area (Å²) < 4.78 is 0. The third-order valence-corrected chi connectivity index (χ3v) is 3.16. The summed E-state index contributed by atoms with van der Waals surface area (Å²) in [4.78, 5) is 11.5. The van der Waals surface area contributed by atoms with Crippen molar-refractivity contribution < 1.29 is 9.90 Å². The number of rotatable bonds is 1. The average Bonchev–Trinajstić information content (AvgIpc) is 2.63. The van der Waals surface area contributed by atoms with Crippen LogP contribution in [0.1, 0.15) is 32.1 Å². The molecule has 0 aromatic rings. The highest BCUT2D eigenvalue weighted by atomic mass is 16.3. The van der Waals surface area contributed by atoms with Gasteiger partial charge in [0.05, 0.1) is 12.1 Å². The van der Waals surface area contributed by atoms with Crippen LogP contribution < -0.4 is 5.32 Å². The summed E-state index contributed by atoms with van der Waals surface area (Å²) in [6, 6.07) is 0.159. The van der Waals surface area contributed by atoms with Crippen molar-refractivity contribution in [1.29, 1.82) is 0 Å². The molecule has 0 aromatic carbocycles. The summed E-state index contributed by atoms with van der Waals surface area (Å²) >= 11 is 0. The Morgan fingerprint density at radius 2 is 2.42 bits per heavy atom. The number of aliphatic hydroxyl groups is 1. The van der Waals surface area contributed by atoms with Crippen LogP contribution in [0.5, 0.6) is 0 Å². The van der Waals surface area contributed by atoms with Crippen LogP contribution in [0.3, 0.4) is 0 Å². The van der Waals surface area contributed by atoms with E-state index in [0.717, 1.165) is 32.1 Å². The molecule has 3 heteroatoms. The molecule has 2 atom stereocenters. The van der Waals surface area contributed by atoms with Crippen molar-refractivity contribution in [2.45, 2.75) is 43.7 Å². The van der Waals surface area contributed by atoms with Gasteiger partial charge in [-0.3, -0.25) is 10.1 Å². The first kappa shape index (κ1) is 8.20. The second-order valence-corrected chi connectivity index (χ2v) is 3.92. The molecular formula is C9H15NO2. The van der Waals surface area contributed by atoms with Crippen LogP contribution in [0, 0.1) is 0 Å². The van der Waals surface area contributed by atoms with Crippen molar-refractivity contribution in [2.24, 2.45) is 0 Å². The fourth-order valence-electron chi connectivity index (χ4n) is 2.44. The van der Waals surface area contributed by atoms with Gasteiger partial charge in [-0.05, 0) is 25.7 Å². The predicted octanol–water partition coefficient (Wildman–Crippen LogP) is 0.223. The zero-order valence-corrected chi connectivity index (χ0v) is 7.18. The largest absolute Gasteiger partial charge is 0.395 e. The van der Waals surface area contributed by atoms with Gasteiger partial charge in [-0.2, -0.15) is 0 Å². The molecule has 68 valence electrons. The van der Waals surface area contributed by atoms with E-state index >= 15 is 0 Å². The Labute approximate surface area is 72.2 Å². The fraction of sp³-hybridized carbons (Fsp3) is 0.889. The lowest BCUT2D eigenvalue weighted by molar-refractivity contribution is -0.122. The average molecular weight is 169 g/mol. The Hall–Kier alpha value is -0.410. The van der Waals surface area contributed by atoms with Gasteiger partial charge in [0.25, 0.3) is 0 Å². The molecule has 12 heavy (non-hydrogen) atoms. The van der Waals surface area contributed by atoms with Crippen LogP contribution in [0.2, 0.25) is 0 Å². The van der Waals surface area contributed by atoms with Gasteiger partial charge in [0.2, 0.25) is 0 Å². The van der Waals surface area contributed by atoms with Crippen molar-refractivity contribution in [3.63, 3.8) is 0 Å². The number of carbonyl (C=O) groups is 1. The number of nitrogens with one attached hydrogen (secondary N) is 1. The van der Waals surface area contributed by atoms with Gasteiger partial charge in [0, 0.05) is 12.5 Å². The maximum Gasteiger partial charge on any atom is 0.152 e. The standard InChI is InChI=1S/C9H15NO2/c11-6-7-3-5-9(10-7)4-1-2-8(9)12/h7,10-11H,1-6H2. The molecule has 0 bridgehead atoms. The summed E-state index contributed by atoms with van der Waals surface area (Å²) in [6.45, 7) is 0.162. The molecular weight excluding hydrogens is 154 g/mol. The topological polar surface area (TPSA) is 49.3 Å². The van der Waals surface area contributed by atoms with Crippen LogP contribution in [-0.2, 0) is 4.79 Å². The third kappa shape index (κ3) is 1.08. The van der Waals surface area contributed by atoms with Crippen LogP contribution in [0.25, 0.3) is 0 Å². The molecule has 2 rings (SSSR count). The molecule has 0 radical (unpaired) electrons. The molecule has 2 unspecified atom stereocenters. The lowest BCUT2D eigenvalue weighted by atomic mass is 9.95. The lowest BCUT2D eigenvalue weighted by Crippen LogP contribution is -2.47. The number of aliphatic hydroxyl groups excluding tert-OH is 1. The van der Waals surface area contributed by atoms with Crippen molar-refractivity contribution in [2.75, 3.05) is 6.61 Å². The zero-order valence-electron chi connectivity index (χ0n) is 7.18. The lowest BCUT2D eigenvalue weighted by Gasteiger charge is -2.22. The van der Waals surface area contributed by atoms with Crippen LogP contribution in [-0.4, -0.2) is 29.1 Å². The van der Waals surface area contributed by atoms with Crippen molar-refractivity contribution in [3.05, 3.63) is 0 Å². The van der Waals surface area contributed by atoms with Crippen molar-refractivity contribution in [1.82, 2.24) is 5.32 Å². The first-order chi connectivity index (χ1) is 5.77. The van der Waals surface area contributed by atoms with E-state index in [1.54, 1.807) is 0 Å². The van der Waals surface area contributed by atoms with Crippen LogP contribution >= 0.6 is 0 Å². The monoisotopic (exact) mass is 169 g/mol. The van der Waals surface area contributed by atoms with E-state index in [1.165, 1.54) is 0 Å². The van der Waals surface area contributed by atoms with E-state index in [0.29, 0.717) is 5.78 Å². The number of hydrogen-bond acceptors (Lipinski definition) is 3. The van der Waals surface area contributed by atoms with E-state index in [4.69, 9.17) is 5.11 Å². The third-order valence-electron chi connectivity index (χ3n) is 3.16. The Morgan fingerprint density at radius 3 is 2.92 bits per heavy atom. The van der Waals surface area contributed by atoms with E-state index in [2.05, 4.69) is 5.32 Å². The highest BCUT2D eigenvalue weighted by Gasteiger charge is 2.46. The molecule has 2 fully saturated rings. The smallest absolute Gasteiger partial charge is 0.152 e. The summed E-state index contributed by atoms with van der Waals surface area (Å²) in [5.74, 6) is 0.360. The number of carbonyl (C=O) groups excluding carboxylic acids is 1. The number of hydrogen-bond donors (Lipinski definition) is 2. The van der Waals surface area contributed by atoms with Crippen molar-refractivity contribution >= 4 is 5.78 Å². The maximum atomic E-state index is 11.5. The van der Waals surface area contributed by atoms with Gasteiger partial charge >= 0.3 is 0 Å².